The summed E-state index contributed by atoms with van der Waals surface area (Å²) in [6.07, 6.45) is -0.151. The summed E-state index contributed by atoms with van der Waals surface area (Å²) in [5.41, 5.74) is 0.631. The third kappa shape index (κ3) is 6.86. The highest BCUT2D eigenvalue weighted by molar-refractivity contribution is 7.89. The lowest BCUT2D eigenvalue weighted by Gasteiger charge is -2.19. The molecule has 2 aromatic rings. The lowest BCUT2D eigenvalue weighted by Crippen LogP contribution is -2.41. The highest BCUT2D eigenvalue weighted by atomic mass is 32.2. The van der Waals surface area contributed by atoms with E-state index >= 15 is 0 Å². The molecule has 0 bridgehead atoms. The molecule has 0 saturated carbocycles. The average Bonchev–Trinajstić information content (AvgIpc) is 2.76. The monoisotopic (exact) mass is 448 g/mol. The number of guanidine groups is 1. The van der Waals surface area contributed by atoms with Crippen LogP contribution in [0.1, 0.15) is 19.4 Å². The van der Waals surface area contributed by atoms with E-state index in [0.717, 1.165) is 0 Å². The van der Waals surface area contributed by atoms with Crippen molar-refractivity contribution in [3.8, 4) is 11.5 Å². The predicted molar refractivity (Wildman–Crippen MR) is 123 cm³/mol. The molecule has 0 heterocycles. The number of benzene rings is 2. The Morgan fingerprint density at radius 2 is 1.71 bits per heavy atom. The zero-order chi connectivity index (χ0) is 22.9. The lowest BCUT2D eigenvalue weighted by molar-refractivity contribution is 0.213. The molecule has 8 nitrogen and oxygen atoms in total. The molecule has 9 heteroatoms. The summed E-state index contributed by atoms with van der Waals surface area (Å²) in [7, 11) is 1.10. The van der Waals surface area contributed by atoms with Gasteiger partial charge in [0.05, 0.1) is 25.1 Å². The lowest BCUT2D eigenvalue weighted by atomic mass is 10.2. The molecular formula is C22H32N4O4S. The molecule has 0 aliphatic heterocycles. The highest BCUT2D eigenvalue weighted by Gasteiger charge is 2.20. The number of aliphatic imine (C=N–C) groups is 1. The van der Waals surface area contributed by atoms with E-state index in [1.807, 2.05) is 44.2 Å². The van der Waals surface area contributed by atoms with Gasteiger partial charge in [0.2, 0.25) is 10.0 Å². The minimum Gasteiger partial charge on any atom is -0.493 e. The number of methoxy groups -OCH3 is 1. The van der Waals surface area contributed by atoms with Crippen LogP contribution in [0.15, 0.2) is 58.4 Å². The zero-order valence-electron chi connectivity index (χ0n) is 18.8. The normalized spacial score (nSPS) is 13.0. The van der Waals surface area contributed by atoms with Crippen molar-refractivity contribution in [2.24, 2.45) is 4.99 Å². The molecule has 1 atom stereocenters. The van der Waals surface area contributed by atoms with Crippen LogP contribution in [0.5, 0.6) is 11.5 Å². The maximum atomic E-state index is 12.6. The van der Waals surface area contributed by atoms with Crippen molar-refractivity contribution in [3.63, 3.8) is 0 Å². The smallest absolute Gasteiger partial charge is 0.242 e. The van der Waals surface area contributed by atoms with Crippen LogP contribution in [-0.4, -0.2) is 59.1 Å². The summed E-state index contributed by atoms with van der Waals surface area (Å²) in [5.74, 6) is 1.92. The molecule has 0 aromatic heterocycles. The van der Waals surface area contributed by atoms with Crippen molar-refractivity contribution in [2.45, 2.75) is 31.4 Å². The van der Waals surface area contributed by atoms with Gasteiger partial charge in [0.15, 0.2) is 17.5 Å². The first-order valence-electron chi connectivity index (χ1n) is 10.1. The molecule has 0 radical (unpaired) electrons. The number of rotatable bonds is 10. The van der Waals surface area contributed by atoms with E-state index in [0.29, 0.717) is 36.1 Å². The molecule has 170 valence electrons. The highest BCUT2D eigenvalue weighted by Crippen LogP contribution is 2.26. The standard InChI is InChI=1S/C22H32N4O4S/c1-6-23-22(24-15-17(2)30-20-13-9-8-12-19(20)29-5)25-16-18-11-7-10-14-21(18)31(27,28)26(3)4/h7-14,17H,6,15-16H2,1-5H3,(H2,23,24,25). The van der Waals surface area contributed by atoms with E-state index in [4.69, 9.17) is 9.47 Å². The number of hydrogen-bond donors (Lipinski definition) is 2. The first kappa shape index (κ1) is 24.5. The number of hydrogen-bond acceptors (Lipinski definition) is 5. The Balaban J connectivity index is 2.08. The Kier molecular flexibility index (Phi) is 9.14. The summed E-state index contributed by atoms with van der Waals surface area (Å²) in [6.45, 7) is 5.31. The Hall–Kier alpha value is -2.78. The largest absolute Gasteiger partial charge is 0.493 e. The Labute approximate surface area is 185 Å². The third-order valence-corrected chi connectivity index (χ3v) is 6.35. The molecule has 2 N–H and O–H groups in total. The summed E-state index contributed by atoms with van der Waals surface area (Å²) in [4.78, 5) is 4.82. The van der Waals surface area contributed by atoms with Crippen LogP contribution in [0, 0.1) is 0 Å². The topological polar surface area (TPSA) is 92.3 Å². The van der Waals surface area contributed by atoms with Crippen molar-refractivity contribution < 1.29 is 17.9 Å². The fourth-order valence-corrected chi connectivity index (χ4v) is 3.91. The SMILES string of the molecule is CCNC(=NCc1ccccc1S(=O)(=O)N(C)C)NCC(C)Oc1ccccc1OC. The molecule has 0 spiro atoms. The fraction of sp³-hybridized carbons (Fsp3) is 0.409. The predicted octanol–water partition coefficient (Wildman–Crippen LogP) is 2.47. The third-order valence-electron chi connectivity index (χ3n) is 4.44. The number of nitrogens with one attached hydrogen (secondary N) is 2. The fourth-order valence-electron chi connectivity index (χ4n) is 2.80. The van der Waals surface area contributed by atoms with Gasteiger partial charge in [-0.05, 0) is 37.6 Å². The van der Waals surface area contributed by atoms with Crippen molar-refractivity contribution in [1.29, 1.82) is 0 Å². The summed E-state index contributed by atoms with van der Waals surface area (Å²) >= 11 is 0. The van der Waals surface area contributed by atoms with E-state index in [1.165, 1.54) is 18.4 Å². The second-order valence-corrected chi connectivity index (χ2v) is 9.17. The molecule has 2 rings (SSSR count). The van der Waals surface area contributed by atoms with Crippen LogP contribution in [0.4, 0.5) is 0 Å². The molecule has 0 amide bonds. The number of sulfonamides is 1. The molecule has 0 fully saturated rings. The van der Waals surface area contributed by atoms with Crippen LogP contribution in [-0.2, 0) is 16.6 Å². The van der Waals surface area contributed by atoms with Crippen LogP contribution in [0.2, 0.25) is 0 Å². The Bertz CT molecular complexity index is 977. The average molecular weight is 449 g/mol. The maximum absolute atomic E-state index is 12.6. The van der Waals surface area contributed by atoms with Crippen LogP contribution in [0.3, 0.4) is 0 Å². The van der Waals surface area contributed by atoms with Gasteiger partial charge in [-0.15, -0.1) is 0 Å². The first-order chi connectivity index (χ1) is 14.8. The van der Waals surface area contributed by atoms with Gasteiger partial charge in [0, 0.05) is 20.6 Å². The van der Waals surface area contributed by atoms with E-state index < -0.39 is 10.0 Å². The Morgan fingerprint density at radius 3 is 2.35 bits per heavy atom. The molecule has 0 saturated heterocycles. The molecule has 0 aliphatic carbocycles. The first-order valence-corrected chi connectivity index (χ1v) is 11.6. The van der Waals surface area contributed by atoms with E-state index in [-0.39, 0.29) is 17.5 Å². The summed E-state index contributed by atoms with van der Waals surface area (Å²) < 4.78 is 37.7. The molecular weight excluding hydrogens is 416 g/mol. The minimum absolute atomic E-state index is 0.151. The van der Waals surface area contributed by atoms with Crippen molar-refractivity contribution >= 4 is 16.0 Å². The quantitative estimate of drug-likeness (QED) is 0.429. The van der Waals surface area contributed by atoms with Gasteiger partial charge in [-0.25, -0.2) is 17.7 Å². The minimum atomic E-state index is -3.54. The summed E-state index contributed by atoms with van der Waals surface area (Å²) in [5, 5.41) is 6.42. The maximum Gasteiger partial charge on any atom is 0.242 e. The molecule has 1 unspecified atom stereocenters. The molecule has 2 aromatic carbocycles. The van der Waals surface area contributed by atoms with Gasteiger partial charge >= 0.3 is 0 Å². The van der Waals surface area contributed by atoms with Gasteiger partial charge in [0.25, 0.3) is 0 Å². The summed E-state index contributed by atoms with van der Waals surface area (Å²) in [6, 6.07) is 14.4. The van der Waals surface area contributed by atoms with E-state index in [2.05, 4.69) is 15.6 Å². The van der Waals surface area contributed by atoms with E-state index in [9.17, 15) is 8.42 Å². The molecule has 31 heavy (non-hydrogen) atoms. The second kappa shape index (κ2) is 11.6. The van der Waals surface area contributed by atoms with E-state index in [1.54, 1.807) is 25.3 Å². The van der Waals surface area contributed by atoms with Crippen LogP contribution < -0.4 is 20.1 Å². The number of ether oxygens (including phenoxy) is 2. The van der Waals surface area contributed by atoms with Crippen molar-refractivity contribution in [1.82, 2.24) is 14.9 Å². The number of para-hydroxylation sites is 2. The second-order valence-electron chi connectivity index (χ2n) is 7.05. The van der Waals surface area contributed by atoms with Gasteiger partial charge in [0.1, 0.15) is 6.10 Å². The van der Waals surface area contributed by atoms with Gasteiger partial charge in [-0.2, -0.15) is 0 Å². The van der Waals surface area contributed by atoms with Crippen molar-refractivity contribution in [2.75, 3.05) is 34.3 Å². The van der Waals surface area contributed by atoms with Crippen LogP contribution >= 0.6 is 0 Å². The Morgan fingerprint density at radius 1 is 1.06 bits per heavy atom. The molecule has 0 aliphatic rings. The van der Waals surface area contributed by atoms with Crippen molar-refractivity contribution in [3.05, 3.63) is 54.1 Å². The zero-order valence-corrected chi connectivity index (χ0v) is 19.6. The van der Waals surface area contributed by atoms with Gasteiger partial charge in [-0.1, -0.05) is 30.3 Å². The van der Waals surface area contributed by atoms with Gasteiger partial charge < -0.3 is 20.1 Å². The van der Waals surface area contributed by atoms with Gasteiger partial charge in [-0.3, -0.25) is 0 Å². The number of nitrogens with zero attached hydrogens (tertiary/aromatic N) is 2. The van der Waals surface area contributed by atoms with Crippen LogP contribution in [0.25, 0.3) is 0 Å².